The second kappa shape index (κ2) is 13.9. The van der Waals surface area contributed by atoms with E-state index < -0.39 is 29.9 Å². The van der Waals surface area contributed by atoms with E-state index in [4.69, 9.17) is 4.74 Å². The molecule has 0 bridgehead atoms. The summed E-state index contributed by atoms with van der Waals surface area (Å²) in [7, 11) is 1.24. The van der Waals surface area contributed by atoms with Crippen LogP contribution in [0.4, 0.5) is 4.79 Å². The van der Waals surface area contributed by atoms with Gasteiger partial charge in [0.1, 0.15) is 19.2 Å². The van der Waals surface area contributed by atoms with E-state index in [0.29, 0.717) is 0 Å². The predicted molar refractivity (Wildman–Crippen MR) is 119 cm³/mol. The quantitative estimate of drug-likeness (QED) is 0.238. The average molecular weight is 454 g/mol. The van der Waals surface area contributed by atoms with Crippen molar-refractivity contribution in [2.45, 2.75) is 19.1 Å². The van der Waals surface area contributed by atoms with E-state index in [9.17, 15) is 19.2 Å². The lowest BCUT2D eigenvalue weighted by Gasteiger charge is -2.18. The molecule has 0 aromatic heterocycles. The van der Waals surface area contributed by atoms with E-state index in [0.717, 1.165) is 17.2 Å². The van der Waals surface area contributed by atoms with E-state index in [1.54, 1.807) is 0 Å². The number of hydrazine groups is 1. The molecular formula is C23H26N4O6. The van der Waals surface area contributed by atoms with Crippen LogP contribution in [0, 0.1) is 0 Å². The monoisotopic (exact) mass is 454 g/mol. The molecule has 4 N–H and O–H groups in total. The normalized spacial score (nSPS) is 11.2. The summed E-state index contributed by atoms with van der Waals surface area (Å²) in [6.07, 6.45) is 1.73. The molecule has 0 aliphatic carbocycles. The van der Waals surface area contributed by atoms with E-state index >= 15 is 0 Å². The molecule has 0 fully saturated rings. The number of carbonyl (C=O) groups is 4. The number of esters is 1. The molecule has 0 radical (unpaired) electrons. The summed E-state index contributed by atoms with van der Waals surface area (Å²) in [5.41, 5.74) is 6.08. The summed E-state index contributed by atoms with van der Waals surface area (Å²) >= 11 is 0. The molecule has 0 saturated carbocycles. The van der Waals surface area contributed by atoms with Crippen molar-refractivity contribution in [2.24, 2.45) is 0 Å². The van der Waals surface area contributed by atoms with Crippen LogP contribution in [0.5, 0.6) is 0 Å². The van der Waals surface area contributed by atoms with Gasteiger partial charge in [0.05, 0.1) is 7.11 Å². The molecule has 2 rings (SSSR count). The van der Waals surface area contributed by atoms with Crippen LogP contribution in [0.1, 0.15) is 11.1 Å². The minimum absolute atomic E-state index is 0.0481. The van der Waals surface area contributed by atoms with Crippen LogP contribution in [-0.4, -0.2) is 43.6 Å². The van der Waals surface area contributed by atoms with Crippen LogP contribution in [0.3, 0.4) is 0 Å². The third-order valence-corrected chi connectivity index (χ3v) is 4.24. The average Bonchev–Trinajstić information content (AvgIpc) is 2.84. The largest absolute Gasteiger partial charge is 0.468 e. The summed E-state index contributed by atoms with van der Waals surface area (Å²) < 4.78 is 9.64. The van der Waals surface area contributed by atoms with E-state index in [1.807, 2.05) is 60.7 Å². The maximum absolute atomic E-state index is 12.6. The molecule has 2 aromatic rings. The molecule has 2 aromatic carbocycles. The Morgan fingerprint density at radius 3 is 2.18 bits per heavy atom. The van der Waals surface area contributed by atoms with Crippen LogP contribution < -0.4 is 21.5 Å². The Labute approximate surface area is 191 Å². The van der Waals surface area contributed by atoms with Gasteiger partial charge in [0.15, 0.2) is 0 Å². The molecule has 0 unspecified atom stereocenters. The van der Waals surface area contributed by atoms with Crippen molar-refractivity contribution >= 4 is 23.9 Å². The standard InChI is InChI=1S/C23H26N4O6/c1-32-21(29)15-24-13-12-20(28)26-27-22(30)19(14-17-8-4-2-5-9-17)25-23(31)33-16-18-10-6-3-7-11-18/h2-13,19,24H,14-16H2,1H3,(H,25,31)(H,26,28)(H,27,30)/b13-12-/t19-/m0/s1. The highest BCUT2D eigenvalue weighted by Gasteiger charge is 2.22. The zero-order valence-corrected chi connectivity index (χ0v) is 18.1. The SMILES string of the molecule is COC(=O)CN/C=C\C(=O)NNC(=O)[C@H](Cc1ccccc1)NC(=O)OCc1ccccc1. The highest BCUT2D eigenvalue weighted by Crippen LogP contribution is 2.05. The number of hydrogen-bond donors (Lipinski definition) is 4. The fourth-order valence-corrected chi connectivity index (χ4v) is 2.57. The summed E-state index contributed by atoms with van der Waals surface area (Å²) in [6, 6.07) is 17.2. The van der Waals surface area contributed by atoms with Gasteiger partial charge in [0, 0.05) is 18.7 Å². The number of rotatable bonds is 10. The van der Waals surface area contributed by atoms with E-state index in [1.165, 1.54) is 13.3 Å². The third-order valence-electron chi connectivity index (χ3n) is 4.24. The first-order valence-corrected chi connectivity index (χ1v) is 10.1. The van der Waals surface area contributed by atoms with Crippen LogP contribution >= 0.6 is 0 Å². The first-order valence-electron chi connectivity index (χ1n) is 10.1. The van der Waals surface area contributed by atoms with Gasteiger partial charge in [0.2, 0.25) is 0 Å². The van der Waals surface area contributed by atoms with Crippen molar-refractivity contribution in [3.63, 3.8) is 0 Å². The van der Waals surface area contributed by atoms with Gasteiger partial charge < -0.3 is 20.1 Å². The van der Waals surface area contributed by atoms with Crippen molar-refractivity contribution in [3.05, 3.63) is 84.1 Å². The van der Waals surface area contributed by atoms with Crippen LogP contribution in [0.2, 0.25) is 0 Å². The highest BCUT2D eigenvalue weighted by atomic mass is 16.5. The number of amides is 3. The molecule has 0 aliphatic heterocycles. The molecule has 3 amide bonds. The minimum Gasteiger partial charge on any atom is -0.468 e. The van der Waals surface area contributed by atoms with Gasteiger partial charge in [0.25, 0.3) is 11.8 Å². The summed E-state index contributed by atoms with van der Waals surface area (Å²) in [4.78, 5) is 47.7. The van der Waals surface area contributed by atoms with Crippen molar-refractivity contribution in [2.75, 3.05) is 13.7 Å². The Balaban J connectivity index is 1.89. The molecular weight excluding hydrogens is 428 g/mol. The Morgan fingerprint density at radius 1 is 0.909 bits per heavy atom. The number of carbonyl (C=O) groups excluding carboxylic acids is 4. The Morgan fingerprint density at radius 2 is 1.55 bits per heavy atom. The van der Waals surface area contributed by atoms with Gasteiger partial charge >= 0.3 is 12.1 Å². The van der Waals surface area contributed by atoms with Crippen molar-refractivity contribution in [1.82, 2.24) is 21.5 Å². The molecule has 174 valence electrons. The summed E-state index contributed by atoms with van der Waals surface area (Å²) in [5.74, 6) is -1.78. The first-order chi connectivity index (χ1) is 16.0. The van der Waals surface area contributed by atoms with Gasteiger partial charge in [-0.1, -0.05) is 60.7 Å². The molecule has 0 saturated heterocycles. The lowest BCUT2D eigenvalue weighted by atomic mass is 10.1. The second-order valence-electron chi connectivity index (χ2n) is 6.72. The van der Waals surface area contributed by atoms with Crippen LogP contribution in [0.25, 0.3) is 0 Å². The van der Waals surface area contributed by atoms with E-state index in [-0.39, 0.29) is 19.6 Å². The topological polar surface area (TPSA) is 135 Å². The van der Waals surface area contributed by atoms with Gasteiger partial charge in [-0.2, -0.15) is 0 Å². The maximum atomic E-state index is 12.6. The zero-order chi connectivity index (χ0) is 23.9. The fourth-order valence-electron chi connectivity index (χ4n) is 2.57. The number of nitrogens with one attached hydrogen (secondary N) is 4. The predicted octanol–water partition coefficient (Wildman–Crippen LogP) is 0.948. The minimum atomic E-state index is -1.00. The number of hydrogen-bond acceptors (Lipinski definition) is 7. The van der Waals surface area contributed by atoms with Crippen molar-refractivity contribution in [1.29, 1.82) is 0 Å². The van der Waals surface area contributed by atoms with Gasteiger partial charge in [-0.15, -0.1) is 0 Å². The number of ether oxygens (including phenoxy) is 2. The Bertz CT molecular complexity index is 950. The third kappa shape index (κ3) is 10.0. The maximum Gasteiger partial charge on any atom is 0.408 e. The van der Waals surface area contributed by atoms with Crippen LogP contribution in [-0.2, 0) is 36.9 Å². The molecule has 0 heterocycles. The van der Waals surface area contributed by atoms with Crippen LogP contribution in [0.15, 0.2) is 72.9 Å². The highest BCUT2D eigenvalue weighted by molar-refractivity contribution is 5.91. The second-order valence-corrected chi connectivity index (χ2v) is 6.72. The first kappa shape index (κ1) is 24.9. The molecule has 33 heavy (non-hydrogen) atoms. The lowest BCUT2D eigenvalue weighted by molar-refractivity contribution is -0.139. The molecule has 0 aliphatic rings. The van der Waals surface area contributed by atoms with Crippen molar-refractivity contribution in [3.8, 4) is 0 Å². The van der Waals surface area contributed by atoms with E-state index in [2.05, 4.69) is 26.2 Å². The molecule has 10 nitrogen and oxygen atoms in total. The van der Waals surface area contributed by atoms with Gasteiger partial charge in [-0.05, 0) is 11.1 Å². The number of methoxy groups -OCH3 is 1. The smallest absolute Gasteiger partial charge is 0.408 e. The fraction of sp³-hybridized carbons (Fsp3) is 0.217. The molecule has 1 atom stereocenters. The van der Waals surface area contributed by atoms with Gasteiger partial charge in [-0.3, -0.25) is 25.2 Å². The Hall–Kier alpha value is -4.34. The zero-order valence-electron chi connectivity index (χ0n) is 18.1. The summed E-state index contributed by atoms with van der Waals surface area (Å²) in [6.45, 7) is -0.0622. The lowest BCUT2D eigenvalue weighted by Crippen LogP contribution is -2.53. The molecule has 0 spiro atoms. The van der Waals surface area contributed by atoms with Gasteiger partial charge in [-0.25, -0.2) is 4.79 Å². The number of alkyl carbamates (subject to hydrolysis) is 1. The molecule has 10 heteroatoms. The Kier molecular flexibility index (Phi) is 10.5. The summed E-state index contributed by atoms with van der Waals surface area (Å²) in [5, 5.41) is 5.09. The number of benzene rings is 2. The van der Waals surface area contributed by atoms with Crippen molar-refractivity contribution < 1.29 is 28.7 Å².